The van der Waals surface area contributed by atoms with Crippen LogP contribution in [0, 0.1) is 5.82 Å². The van der Waals surface area contributed by atoms with E-state index in [9.17, 15) is 14.3 Å². The van der Waals surface area contributed by atoms with E-state index in [0.717, 1.165) is 17.3 Å². The molecule has 1 aromatic rings. The van der Waals surface area contributed by atoms with Gasteiger partial charge in [-0.1, -0.05) is 19.1 Å². The van der Waals surface area contributed by atoms with Gasteiger partial charge in [0.25, 0.3) is 0 Å². The average Bonchev–Trinajstić information content (AvgIpc) is 2.31. The van der Waals surface area contributed by atoms with Gasteiger partial charge in [0.2, 0.25) is 0 Å². The summed E-state index contributed by atoms with van der Waals surface area (Å²) in [6, 6.07) is 5.89. The molecule has 0 saturated heterocycles. The average molecular weight is 258 g/mol. The van der Waals surface area contributed by atoms with Gasteiger partial charge in [-0.05, 0) is 24.1 Å². The maximum absolute atomic E-state index is 12.7. The molecular weight excluding hydrogens is 243 g/mol. The fraction of sp³-hybridized carbons (Fsp3) is 0.417. The highest BCUT2D eigenvalue weighted by atomic mass is 32.2. The lowest BCUT2D eigenvalue weighted by molar-refractivity contribution is -0.138. The fourth-order valence-electron chi connectivity index (χ4n) is 1.33. The van der Waals surface area contributed by atoms with E-state index in [2.05, 4.69) is 0 Å². The highest BCUT2D eigenvalue weighted by Crippen LogP contribution is 2.22. The Labute approximate surface area is 104 Å². The number of aliphatic carboxylic acids is 1. The van der Waals surface area contributed by atoms with Crippen LogP contribution < -0.4 is 0 Å². The molecule has 0 fully saturated rings. The molecule has 0 saturated carbocycles. The Morgan fingerprint density at radius 1 is 1.41 bits per heavy atom. The molecule has 2 unspecified atom stereocenters. The van der Waals surface area contributed by atoms with Gasteiger partial charge in [-0.25, -0.2) is 4.39 Å². The van der Waals surface area contributed by atoms with Gasteiger partial charge in [-0.3, -0.25) is 4.79 Å². The van der Waals surface area contributed by atoms with E-state index in [4.69, 9.17) is 5.11 Å². The maximum Gasteiger partial charge on any atom is 0.319 e. The summed E-state index contributed by atoms with van der Waals surface area (Å²) < 4.78 is 12.7. The summed E-state index contributed by atoms with van der Waals surface area (Å²) in [5, 5.41) is 17.7. The summed E-state index contributed by atoms with van der Waals surface area (Å²) in [6.07, 6.45) is -0.467. The summed E-state index contributed by atoms with van der Waals surface area (Å²) in [5.41, 5.74) is 0.839. The van der Waals surface area contributed by atoms with Crippen molar-refractivity contribution in [3.05, 3.63) is 35.6 Å². The van der Waals surface area contributed by atoms with Gasteiger partial charge < -0.3 is 10.2 Å². The van der Waals surface area contributed by atoms with Crippen LogP contribution >= 0.6 is 11.8 Å². The SMILES string of the molecule is CCC(O)C(SCc1ccc(F)cc1)C(=O)O. The van der Waals surface area contributed by atoms with Crippen molar-refractivity contribution in [2.24, 2.45) is 0 Å². The largest absolute Gasteiger partial charge is 0.480 e. The molecule has 0 aliphatic rings. The van der Waals surface area contributed by atoms with Gasteiger partial charge in [0.1, 0.15) is 11.1 Å². The Bertz CT molecular complexity index is 367. The Morgan fingerprint density at radius 2 is 2.00 bits per heavy atom. The Morgan fingerprint density at radius 3 is 2.47 bits per heavy atom. The van der Waals surface area contributed by atoms with Crippen LogP contribution in [0.15, 0.2) is 24.3 Å². The minimum atomic E-state index is -1.02. The van der Waals surface area contributed by atoms with E-state index < -0.39 is 17.3 Å². The molecule has 94 valence electrons. The lowest BCUT2D eigenvalue weighted by Gasteiger charge is -2.17. The van der Waals surface area contributed by atoms with E-state index in [-0.39, 0.29) is 5.82 Å². The highest BCUT2D eigenvalue weighted by Gasteiger charge is 2.25. The number of hydrogen-bond acceptors (Lipinski definition) is 3. The highest BCUT2D eigenvalue weighted by molar-refractivity contribution is 7.99. The van der Waals surface area contributed by atoms with Crippen molar-refractivity contribution in [3.63, 3.8) is 0 Å². The number of benzene rings is 1. The molecule has 2 N–H and O–H groups in total. The molecule has 5 heteroatoms. The van der Waals surface area contributed by atoms with Gasteiger partial charge >= 0.3 is 5.97 Å². The Balaban J connectivity index is 2.57. The van der Waals surface area contributed by atoms with Crippen LogP contribution in [-0.4, -0.2) is 27.5 Å². The van der Waals surface area contributed by atoms with Crippen LogP contribution in [0.25, 0.3) is 0 Å². The molecule has 0 aliphatic heterocycles. The van der Waals surface area contributed by atoms with Crippen molar-refractivity contribution in [1.29, 1.82) is 0 Å². The molecule has 0 heterocycles. The fourth-order valence-corrected chi connectivity index (χ4v) is 2.45. The number of carboxylic acid groups (broad SMARTS) is 1. The zero-order chi connectivity index (χ0) is 12.8. The number of aliphatic hydroxyl groups is 1. The summed E-state index contributed by atoms with van der Waals surface area (Å²) in [5.74, 6) is -0.900. The molecular formula is C12H15FO3S. The quantitative estimate of drug-likeness (QED) is 0.822. The zero-order valence-corrected chi connectivity index (χ0v) is 10.3. The lowest BCUT2D eigenvalue weighted by Crippen LogP contribution is -2.30. The lowest BCUT2D eigenvalue weighted by atomic mass is 10.2. The summed E-state index contributed by atoms with van der Waals surface area (Å²) in [7, 11) is 0. The number of hydrogen-bond donors (Lipinski definition) is 2. The third-order valence-electron chi connectivity index (χ3n) is 2.35. The molecule has 0 spiro atoms. The van der Waals surface area contributed by atoms with Crippen LogP contribution in [0.2, 0.25) is 0 Å². The number of rotatable bonds is 6. The Hall–Kier alpha value is -1.07. The second-order valence-electron chi connectivity index (χ2n) is 3.67. The van der Waals surface area contributed by atoms with Crippen molar-refractivity contribution in [2.45, 2.75) is 30.5 Å². The molecule has 3 nitrogen and oxygen atoms in total. The third-order valence-corrected chi connectivity index (χ3v) is 3.73. The molecule has 0 aromatic heterocycles. The van der Waals surface area contributed by atoms with Crippen LogP contribution in [0.1, 0.15) is 18.9 Å². The van der Waals surface area contributed by atoms with Crippen molar-refractivity contribution in [1.82, 2.24) is 0 Å². The van der Waals surface area contributed by atoms with Crippen LogP contribution in [0.5, 0.6) is 0 Å². The van der Waals surface area contributed by atoms with Crippen molar-refractivity contribution in [3.8, 4) is 0 Å². The number of aliphatic hydroxyl groups excluding tert-OH is 1. The number of carboxylic acids is 1. The van der Waals surface area contributed by atoms with Crippen molar-refractivity contribution >= 4 is 17.7 Å². The molecule has 0 radical (unpaired) electrons. The molecule has 2 atom stereocenters. The first-order valence-electron chi connectivity index (χ1n) is 5.31. The minimum Gasteiger partial charge on any atom is -0.480 e. The molecule has 0 aliphatic carbocycles. The number of thioether (sulfide) groups is 1. The van der Waals surface area contributed by atoms with Crippen LogP contribution in [0.3, 0.4) is 0 Å². The number of carbonyl (C=O) groups is 1. The first-order chi connectivity index (χ1) is 8.04. The van der Waals surface area contributed by atoms with E-state index in [1.807, 2.05) is 0 Å². The maximum atomic E-state index is 12.7. The predicted molar refractivity (Wildman–Crippen MR) is 65.4 cm³/mol. The van der Waals surface area contributed by atoms with E-state index in [1.165, 1.54) is 12.1 Å². The van der Waals surface area contributed by atoms with Gasteiger partial charge in [0, 0.05) is 5.75 Å². The topological polar surface area (TPSA) is 57.5 Å². The smallest absolute Gasteiger partial charge is 0.319 e. The first kappa shape index (κ1) is 14.0. The van der Waals surface area contributed by atoms with Crippen LogP contribution in [-0.2, 0) is 10.5 Å². The normalized spacial score (nSPS) is 14.3. The Kier molecular flexibility index (Phi) is 5.44. The van der Waals surface area contributed by atoms with E-state index in [1.54, 1.807) is 19.1 Å². The third kappa shape index (κ3) is 4.36. The standard InChI is InChI=1S/C12H15FO3S/c1-2-10(14)11(12(15)16)17-7-8-3-5-9(13)6-4-8/h3-6,10-11,14H,2,7H2,1H3,(H,15,16). The van der Waals surface area contributed by atoms with Gasteiger partial charge in [-0.2, -0.15) is 0 Å². The zero-order valence-electron chi connectivity index (χ0n) is 9.47. The van der Waals surface area contributed by atoms with E-state index >= 15 is 0 Å². The van der Waals surface area contributed by atoms with Crippen LogP contribution in [0.4, 0.5) is 4.39 Å². The first-order valence-corrected chi connectivity index (χ1v) is 6.36. The summed E-state index contributed by atoms with van der Waals surface area (Å²) >= 11 is 1.15. The molecule has 1 aromatic carbocycles. The molecule has 1 rings (SSSR count). The predicted octanol–water partition coefficient (Wildman–Crippen LogP) is 2.28. The molecule has 0 bridgehead atoms. The van der Waals surface area contributed by atoms with Gasteiger partial charge in [0.05, 0.1) is 6.10 Å². The molecule has 17 heavy (non-hydrogen) atoms. The monoisotopic (exact) mass is 258 g/mol. The number of halogens is 1. The summed E-state index contributed by atoms with van der Waals surface area (Å²) in [4.78, 5) is 10.9. The van der Waals surface area contributed by atoms with Gasteiger partial charge in [0.15, 0.2) is 0 Å². The molecule has 0 amide bonds. The second kappa shape index (κ2) is 6.61. The van der Waals surface area contributed by atoms with Crippen molar-refractivity contribution < 1.29 is 19.4 Å². The van der Waals surface area contributed by atoms with Crippen molar-refractivity contribution in [2.75, 3.05) is 0 Å². The van der Waals surface area contributed by atoms with E-state index in [0.29, 0.717) is 12.2 Å². The van der Waals surface area contributed by atoms with Gasteiger partial charge in [-0.15, -0.1) is 11.8 Å². The summed E-state index contributed by atoms with van der Waals surface area (Å²) in [6.45, 7) is 1.74. The minimum absolute atomic E-state index is 0.317. The second-order valence-corrected chi connectivity index (χ2v) is 4.80.